The van der Waals surface area contributed by atoms with Gasteiger partial charge < -0.3 is 37.9 Å². The lowest BCUT2D eigenvalue weighted by Gasteiger charge is -2.11. The minimum atomic E-state index is -0.732. The second-order valence-electron chi connectivity index (χ2n) is 17.0. The van der Waals surface area contributed by atoms with Crippen LogP contribution in [-0.2, 0) is 19.1 Å². The standard InChI is InChI=1S/C60H55N3O14S/c1-3-54(64)72-37-13-7-5-11-35-70-46-25-17-41(18-26-46)56(66)74-48-29-21-43(22-30-48)58(68)76-50-33-34-52(45(39-50)40-61-63-60-62-51-15-9-10-16-53(51)78-60)77-59(69)44-23-31-49(32-24-44)75-57(67)42-19-27-47(28-20-42)71-36-12-6-8-14-38-73-55(65)4-2/h3-4,9-10,15-34,39-40H,1-2,5-8,11-14,35-38H2,(H,62,63)/b61-40+. The van der Waals surface area contributed by atoms with Crippen LogP contribution in [0.1, 0.15) is 98.4 Å². The molecule has 0 bridgehead atoms. The third-order valence-corrected chi connectivity index (χ3v) is 12.2. The van der Waals surface area contributed by atoms with Gasteiger partial charge in [-0.2, -0.15) is 5.10 Å². The van der Waals surface area contributed by atoms with Gasteiger partial charge in [0.2, 0.25) is 5.13 Å². The van der Waals surface area contributed by atoms with E-state index in [-0.39, 0.29) is 39.7 Å². The number of hydrogen-bond acceptors (Lipinski definition) is 18. The molecule has 0 aliphatic carbocycles. The van der Waals surface area contributed by atoms with Crippen molar-refractivity contribution in [1.29, 1.82) is 0 Å². The van der Waals surface area contributed by atoms with E-state index >= 15 is 0 Å². The van der Waals surface area contributed by atoms with Gasteiger partial charge in [0.15, 0.2) is 0 Å². The van der Waals surface area contributed by atoms with Crippen LogP contribution >= 0.6 is 11.3 Å². The number of carbonyl (C=O) groups excluding carboxylic acids is 6. The van der Waals surface area contributed by atoms with E-state index < -0.39 is 35.8 Å². The molecule has 0 aliphatic heterocycles. The molecule has 0 saturated carbocycles. The van der Waals surface area contributed by atoms with E-state index in [2.05, 4.69) is 28.7 Å². The molecule has 17 nitrogen and oxygen atoms in total. The summed E-state index contributed by atoms with van der Waals surface area (Å²) in [6, 6.07) is 36.8. The van der Waals surface area contributed by atoms with Crippen molar-refractivity contribution in [2.24, 2.45) is 5.10 Å². The number of ether oxygens (including phenoxy) is 8. The number of esters is 6. The van der Waals surface area contributed by atoms with Gasteiger partial charge in [-0.05, 0) is 179 Å². The van der Waals surface area contributed by atoms with Crippen molar-refractivity contribution in [3.63, 3.8) is 0 Å². The maximum absolute atomic E-state index is 13.5. The predicted molar refractivity (Wildman–Crippen MR) is 293 cm³/mol. The molecule has 0 saturated heterocycles. The van der Waals surface area contributed by atoms with Gasteiger partial charge in [-0.15, -0.1) is 0 Å². The Kier molecular flexibility index (Phi) is 21.4. The first-order valence-electron chi connectivity index (χ1n) is 24.9. The van der Waals surface area contributed by atoms with Crippen molar-refractivity contribution in [3.8, 4) is 34.5 Å². The topological polar surface area (TPSA) is 214 Å². The van der Waals surface area contributed by atoms with E-state index in [4.69, 9.17) is 37.9 Å². The van der Waals surface area contributed by atoms with Crippen LogP contribution in [0.2, 0.25) is 0 Å². The zero-order valence-electron chi connectivity index (χ0n) is 42.4. The minimum absolute atomic E-state index is 0.0867. The Morgan fingerprint density at radius 3 is 1.35 bits per heavy atom. The van der Waals surface area contributed by atoms with Gasteiger partial charge in [0.1, 0.15) is 34.5 Å². The molecular weight excluding hydrogens is 1020 g/mol. The van der Waals surface area contributed by atoms with Gasteiger partial charge in [-0.1, -0.05) is 36.6 Å². The molecular formula is C60H55N3O14S. The predicted octanol–water partition coefficient (Wildman–Crippen LogP) is 12.0. The average Bonchev–Trinajstić information content (AvgIpc) is 3.90. The lowest BCUT2D eigenvalue weighted by molar-refractivity contribution is -0.138. The Morgan fingerprint density at radius 1 is 0.474 bits per heavy atom. The van der Waals surface area contributed by atoms with E-state index in [1.54, 1.807) is 48.5 Å². The quantitative estimate of drug-likeness (QED) is 0.0115. The molecule has 6 aromatic carbocycles. The minimum Gasteiger partial charge on any atom is -0.494 e. The lowest BCUT2D eigenvalue weighted by atomic mass is 10.2. The lowest BCUT2D eigenvalue weighted by Crippen LogP contribution is -2.12. The fourth-order valence-corrected chi connectivity index (χ4v) is 7.98. The normalized spacial score (nSPS) is 10.8. The van der Waals surface area contributed by atoms with Crippen LogP contribution in [0.3, 0.4) is 0 Å². The van der Waals surface area contributed by atoms with Crippen LogP contribution in [0, 0.1) is 0 Å². The highest BCUT2D eigenvalue weighted by Gasteiger charge is 2.17. The van der Waals surface area contributed by atoms with Gasteiger partial charge in [-0.3, -0.25) is 5.43 Å². The van der Waals surface area contributed by atoms with Crippen LogP contribution < -0.4 is 33.8 Å². The fourth-order valence-electron chi connectivity index (χ4n) is 7.17. The highest BCUT2D eigenvalue weighted by Crippen LogP contribution is 2.28. The molecule has 78 heavy (non-hydrogen) atoms. The van der Waals surface area contributed by atoms with Crippen LogP contribution in [0.5, 0.6) is 34.5 Å². The van der Waals surface area contributed by atoms with Crippen molar-refractivity contribution in [1.82, 2.24) is 4.98 Å². The molecule has 0 spiro atoms. The van der Waals surface area contributed by atoms with Gasteiger partial charge in [-0.25, -0.2) is 33.8 Å². The van der Waals surface area contributed by atoms with E-state index in [0.29, 0.717) is 54.2 Å². The number of unbranched alkanes of at least 4 members (excludes halogenated alkanes) is 6. The van der Waals surface area contributed by atoms with E-state index in [1.165, 1.54) is 84.3 Å². The molecule has 0 unspecified atom stereocenters. The van der Waals surface area contributed by atoms with Crippen LogP contribution in [0.15, 0.2) is 170 Å². The van der Waals surface area contributed by atoms with Crippen molar-refractivity contribution < 1.29 is 66.7 Å². The SMILES string of the molecule is C=CC(=O)OCCCCCCOc1ccc(C(=O)Oc2ccc(C(=O)Oc3ccc(OC(=O)c4ccc(OC(=O)c5ccc(OCCCCCCOC(=O)C=C)cc5)cc4)c(/C=N/Nc4nc5ccccc5s4)c3)cc2)cc1. The number of carbonyl (C=O) groups is 6. The zero-order chi connectivity index (χ0) is 54.9. The third kappa shape index (κ3) is 17.9. The highest BCUT2D eigenvalue weighted by molar-refractivity contribution is 7.22. The van der Waals surface area contributed by atoms with E-state index in [1.807, 2.05) is 24.3 Å². The van der Waals surface area contributed by atoms with Gasteiger partial charge in [0.05, 0.1) is 65.1 Å². The number of thiazole rings is 1. The van der Waals surface area contributed by atoms with E-state index in [0.717, 1.165) is 73.7 Å². The maximum Gasteiger partial charge on any atom is 0.343 e. The Labute approximate surface area is 454 Å². The molecule has 0 fully saturated rings. The Hall–Kier alpha value is -9.42. The number of hydrogen-bond donors (Lipinski definition) is 1. The monoisotopic (exact) mass is 1070 g/mol. The summed E-state index contributed by atoms with van der Waals surface area (Å²) in [6.07, 6.45) is 10.4. The number of anilines is 1. The summed E-state index contributed by atoms with van der Waals surface area (Å²) >= 11 is 1.39. The van der Waals surface area contributed by atoms with Crippen LogP contribution in [-0.4, -0.2) is 73.4 Å². The molecule has 1 heterocycles. The number of rotatable bonds is 29. The first-order valence-corrected chi connectivity index (χ1v) is 25.8. The Morgan fingerprint density at radius 2 is 0.885 bits per heavy atom. The second-order valence-corrected chi connectivity index (χ2v) is 18.0. The maximum atomic E-state index is 13.5. The number of para-hydroxylation sites is 1. The number of hydrazone groups is 1. The molecule has 1 N–H and O–H groups in total. The molecule has 7 aromatic rings. The summed E-state index contributed by atoms with van der Waals surface area (Å²) < 4.78 is 45.1. The second kappa shape index (κ2) is 29.6. The molecule has 0 atom stereocenters. The summed E-state index contributed by atoms with van der Waals surface area (Å²) in [6.45, 7) is 8.44. The summed E-state index contributed by atoms with van der Waals surface area (Å²) in [4.78, 5) is 79.5. The number of fused-ring (bicyclic) bond motifs is 1. The first-order chi connectivity index (χ1) is 38.0. The van der Waals surface area contributed by atoms with Gasteiger partial charge in [0.25, 0.3) is 0 Å². The molecule has 0 amide bonds. The molecule has 18 heteroatoms. The summed E-state index contributed by atoms with van der Waals surface area (Å²) in [7, 11) is 0. The molecule has 7 rings (SSSR count). The van der Waals surface area contributed by atoms with Crippen molar-refractivity contribution in [3.05, 3.63) is 193 Å². The van der Waals surface area contributed by atoms with Gasteiger partial charge in [0, 0.05) is 17.7 Å². The average molecular weight is 1070 g/mol. The summed E-state index contributed by atoms with van der Waals surface area (Å²) in [5, 5.41) is 4.85. The van der Waals surface area contributed by atoms with Crippen LogP contribution in [0.25, 0.3) is 10.2 Å². The largest absolute Gasteiger partial charge is 0.494 e. The van der Waals surface area contributed by atoms with E-state index in [9.17, 15) is 28.8 Å². The third-order valence-electron chi connectivity index (χ3n) is 11.3. The van der Waals surface area contributed by atoms with Crippen molar-refractivity contribution in [2.45, 2.75) is 51.4 Å². The molecule has 0 radical (unpaired) electrons. The molecule has 0 aliphatic rings. The summed E-state index contributed by atoms with van der Waals surface area (Å²) in [5.41, 5.74) is 4.87. The number of aromatic nitrogens is 1. The number of nitrogens with zero attached hydrogens (tertiary/aromatic N) is 2. The fraction of sp³-hybridized carbons (Fsp3) is 0.200. The first kappa shape index (κ1) is 56.3. The van der Waals surface area contributed by atoms with Crippen LogP contribution in [0.4, 0.5) is 5.13 Å². The van der Waals surface area contributed by atoms with Gasteiger partial charge >= 0.3 is 35.8 Å². The Balaban J connectivity index is 0.907. The summed E-state index contributed by atoms with van der Waals surface area (Å²) in [5.74, 6) is -1.72. The molecule has 400 valence electrons. The molecule has 1 aromatic heterocycles. The highest BCUT2D eigenvalue weighted by atomic mass is 32.1. The number of nitrogens with one attached hydrogen (secondary N) is 1. The smallest absolute Gasteiger partial charge is 0.343 e. The Bertz CT molecular complexity index is 3180. The zero-order valence-corrected chi connectivity index (χ0v) is 43.2. The number of benzene rings is 6. The van der Waals surface area contributed by atoms with Crippen molar-refractivity contribution >= 4 is 68.7 Å². The van der Waals surface area contributed by atoms with Crippen molar-refractivity contribution in [2.75, 3.05) is 31.9 Å².